The Morgan fingerprint density at radius 3 is 2.40 bits per heavy atom. The number of hydrogen-bond acceptors (Lipinski definition) is 1. The Kier molecular flexibility index (Phi) is 4.63. The first-order chi connectivity index (χ1) is 4.76. The van der Waals surface area contributed by atoms with Gasteiger partial charge in [-0.15, -0.1) is 0 Å². The first-order valence-electron chi connectivity index (χ1n) is 3.67. The minimum absolute atomic E-state index is 0.0457. The van der Waals surface area contributed by atoms with Crippen molar-refractivity contribution in [3.8, 4) is 0 Å². The molecule has 0 aliphatic carbocycles. The third-order valence-electron chi connectivity index (χ3n) is 1.35. The number of amides is 1. The standard InChI is InChI=1S/C8H15NO/c1-4-6-7(5-2)8(10)9-3/h6H,4-5H2,1-3H3,(H,9,10)/b7-6-. The Balaban J connectivity index is 4.06. The molecule has 0 saturated carbocycles. The van der Waals surface area contributed by atoms with Crippen LogP contribution in [0, 0.1) is 0 Å². The van der Waals surface area contributed by atoms with Gasteiger partial charge in [0.1, 0.15) is 0 Å². The SMILES string of the molecule is CC/C=C(/CC)C(=O)NC. The number of nitrogens with one attached hydrogen (secondary N) is 1. The number of carbonyl (C=O) groups excluding carboxylic acids is 1. The van der Waals surface area contributed by atoms with Crippen molar-refractivity contribution in [2.45, 2.75) is 26.7 Å². The maximum Gasteiger partial charge on any atom is 0.246 e. The molecule has 1 amide bonds. The molecule has 0 bridgehead atoms. The fourth-order valence-electron chi connectivity index (χ4n) is 0.805. The minimum Gasteiger partial charge on any atom is -0.355 e. The van der Waals surface area contributed by atoms with Gasteiger partial charge in [0.15, 0.2) is 0 Å². The van der Waals surface area contributed by atoms with Gasteiger partial charge in [0.25, 0.3) is 0 Å². The Morgan fingerprint density at radius 2 is 2.10 bits per heavy atom. The third kappa shape index (κ3) is 2.67. The smallest absolute Gasteiger partial charge is 0.246 e. The maximum absolute atomic E-state index is 11.0. The van der Waals surface area contributed by atoms with Crippen molar-refractivity contribution < 1.29 is 4.79 Å². The predicted octanol–water partition coefficient (Wildman–Crippen LogP) is 1.48. The summed E-state index contributed by atoms with van der Waals surface area (Å²) in [6.45, 7) is 4.01. The van der Waals surface area contributed by atoms with E-state index in [0.29, 0.717) is 0 Å². The maximum atomic E-state index is 11.0. The summed E-state index contributed by atoms with van der Waals surface area (Å²) in [6, 6.07) is 0. The molecular formula is C8H15NO. The summed E-state index contributed by atoms with van der Waals surface area (Å²) in [6.07, 6.45) is 3.70. The molecule has 0 fully saturated rings. The predicted molar refractivity (Wildman–Crippen MR) is 42.7 cm³/mol. The van der Waals surface area contributed by atoms with Crippen LogP contribution in [0.25, 0.3) is 0 Å². The molecule has 0 aliphatic rings. The van der Waals surface area contributed by atoms with Crippen molar-refractivity contribution in [3.05, 3.63) is 11.6 Å². The van der Waals surface area contributed by atoms with E-state index in [9.17, 15) is 4.79 Å². The van der Waals surface area contributed by atoms with Crippen LogP contribution in [0.1, 0.15) is 26.7 Å². The van der Waals surface area contributed by atoms with Crippen LogP contribution >= 0.6 is 0 Å². The summed E-state index contributed by atoms with van der Waals surface area (Å²) in [5, 5.41) is 2.59. The zero-order chi connectivity index (χ0) is 7.98. The Hall–Kier alpha value is -0.790. The lowest BCUT2D eigenvalue weighted by Crippen LogP contribution is -2.19. The van der Waals surface area contributed by atoms with Crippen molar-refractivity contribution in [1.29, 1.82) is 0 Å². The van der Waals surface area contributed by atoms with Crippen molar-refractivity contribution in [1.82, 2.24) is 5.32 Å². The molecule has 0 spiro atoms. The lowest BCUT2D eigenvalue weighted by atomic mass is 10.1. The zero-order valence-corrected chi connectivity index (χ0v) is 6.90. The van der Waals surface area contributed by atoms with Gasteiger partial charge in [-0.1, -0.05) is 19.9 Å². The van der Waals surface area contributed by atoms with Gasteiger partial charge >= 0.3 is 0 Å². The lowest BCUT2D eigenvalue weighted by Gasteiger charge is -2.00. The molecule has 0 aromatic carbocycles. The topological polar surface area (TPSA) is 29.1 Å². The Labute approximate surface area is 62.3 Å². The molecule has 0 radical (unpaired) electrons. The highest BCUT2D eigenvalue weighted by atomic mass is 16.1. The van der Waals surface area contributed by atoms with Crippen LogP contribution in [0.2, 0.25) is 0 Å². The molecule has 0 saturated heterocycles. The van der Waals surface area contributed by atoms with E-state index in [1.165, 1.54) is 0 Å². The van der Waals surface area contributed by atoms with Crippen LogP contribution in [-0.2, 0) is 4.79 Å². The minimum atomic E-state index is 0.0457. The quantitative estimate of drug-likeness (QED) is 0.592. The molecule has 58 valence electrons. The molecule has 2 heteroatoms. The molecule has 0 aliphatic heterocycles. The molecule has 0 aromatic rings. The van der Waals surface area contributed by atoms with Crippen molar-refractivity contribution in [2.75, 3.05) is 7.05 Å². The Morgan fingerprint density at radius 1 is 1.50 bits per heavy atom. The third-order valence-corrected chi connectivity index (χ3v) is 1.35. The van der Waals surface area contributed by atoms with Gasteiger partial charge in [-0.25, -0.2) is 0 Å². The molecule has 0 atom stereocenters. The highest BCUT2D eigenvalue weighted by molar-refractivity contribution is 5.92. The second kappa shape index (κ2) is 5.03. The molecule has 2 nitrogen and oxygen atoms in total. The van der Waals surface area contributed by atoms with Gasteiger partial charge in [0.05, 0.1) is 0 Å². The monoisotopic (exact) mass is 141 g/mol. The molecule has 0 rings (SSSR count). The zero-order valence-electron chi connectivity index (χ0n) is 6.90. The van der Waals surface area contributed by atoms with E-state index >= 15 is 0 Å². The average Bonchev–Trinajstić information content (AvgIpc) is 1.99. The summed E-state index contributed by atoms with van der Waals surface area (Å²) >= 11 is 0. The van der Waals surface area contributed by atoms with Gasteiger partial charge < -0.3 is 5.32 Å². The molecule has 1 N–H and O–H groups in total. The van der Waals surface area contributed by atoms with Crippen LogP contribution in [0.15, 0.2) is 11.6 Å². The normalized spacial score (nSPS) is 11.3. The molecular weight excluding hydrogens is 126 g/mol. The highest BCUT2D eigenvalue weighted by Crippen LogP contribution is 2.00. The van der Waals surface area contributed by atoms with E-state index in [0.717, 1.165) is 18.4 Å². The van der Waals surface area contributed by atoms with Crippen LogP contribution in [0.5, 0.6) is 0 Å². The van der Waals surface area contributed by atoms with Crippen molar-refractivity contribution >= 4 is 5.91 Å². The van der Waals surface area contributed by atoms with Gasteiger partial charge in [0, 0.05) is 12.6 Å². The molecule has 0 heterocycles. The molecule has 0 unspecified atom stereocenters. The van der Waals surface area contributed by atoms with Gasteiger partial charge in [-0.3, -0.25) is 4.79 Å². The van der Waals surface area contributed by atoms with Crippen molar-refractivity contribution in [2.24, 2.45) is 0 Å². The van der Waals surface area contributed by atoms with Crippen LogP contribution < -0.4 is 5.32 Å². The van der Waals surface area contributed by atoms with Gasteiger partial charge in [0.2, 0.25) is 5.91 Å². The first-order valence-corrected chi connectivity index (χ1v) is 3.67. The van der Waals surface area contributed by atoms with E-state index in [1.807, 2.05) is 19.9 Å². The van der Waals surface area contributed by atoms with Crippen molar-refractivity contribution in [3.63, 3.8) is 0 Å². The fourth-order valence-corrected chi connectivity index (χ4v) is 0.805. The van der Waals surface area contributed by atoms with E-state index in [2.05, 4.69) is 5.32 Å². The number of allylic oxidation sites excluding steroid dienone is 1. The highest BCUT2D eigenvalue weighted by Gasteiger charge is 2.01. The van der Waals surface area contributed by atoms with Gasteiger partial charge in [-0.2, -0.15) is 0 Å². The number of carbonyl (C=O) groups is 1. The second-order valence-corrected chi connectivity index (χ2v) is 2.07. The van der Waals surface area contributed by atoms with E-state index in [-0.39, 0.29) is 5.91 Å². The van der Waals surface area contributed by atoms with Crippen LogP contribution in [0.4, 0.5) is 0 Å². The summed E-state index contributed by atoms with van der Waals surface area (Å²) < 4.78 is 0. The first kappa shape index (κ1) is 9.21. The van der Waals surface area contributed by atoms with Crippen LogP contribution in [-0.4, -0.2) is 13.0 Å². The lowest BCUT2D eigenvalue weighted by molar-refractivity contribution is -0.117. The largest absolute Gasteiger partial charge is 0.355 e. The summed E-state index contributed by atoms with van der Waals surface area (Å²) in [5.41, 5.74) is 0.880. The van der Waals surface area contributed by atoms with E-state index in [1.54, 1.807) is 7.05 Å². The summed E-state index contributed by atoms with van der Waals surface area (Å²) in [5.74, 6) is 0.0457. The Bertz CT molecular complexity index is 138. The summed E-state index contributed by atoms with van der Waals surface area (Å²) in [7, 11) is 1.65. The van der Waals surface area contributed by atoms with E-state index < -0.39 is 0 Å². The van der Waals surface area contributed by atoms with E-state index in [4.69, 9.17) is 0 Å². The average molecular weight is 141 g/mol. The second-order valence-electron chi connectivity index (χ2n) is 2.07. The number of likely N-dealkylation sites (N-methyl/N-ethyl adjacent to an activating group) is 1. The molecule has 10 heavy (non-hydrogen) atoms. The van der Waals surface area contributed by atoms with Crippen LogP contribution in [0.3, 0.4) is 0 Å². The number of hydrogen-bond donors (Lipinski definition) is 1. The number of rotatable bonds is 3. The summed E-state index contributed by atoms with van der Waals surface area (Å²) in [4.78, 5) is 11.0. The van der Waals surface area contributed by atoms with Gasteiger partial charge in [-0.05, 0) is 12.8 Å². The molecule has 0 aromatic heterocycles. The fraction of sp³-hybridized carbons (Fsp3) is 0.625.